The summed E-state index contributed by atoms with van der Waals surface area (Å²) in [5.41, 5.74) is 3.67. The van der Waals surface area contributed by atoms with Gasteiger partial charge in [0, 0.05) is 49.4 Å². The number of anilines is 1. The standard InChI is InChI=1S/C16H27N3O/c1-4-8-20-15-6-5-7-19(12-15)16-9-13(2)18-11-14(16)10-17-3/h9,11,15,17H,4-8,10,12H2,1-3H3. The van der Waals surface area contributed by atoms with Crippen molar-refractivity contribution < 1.29 is 4.74 Å². The molecular weight excluding hydrogens is 250 g/mol. The third kappa shape index (κ3) is 3.93. The summed E-state index contributed by atoms with van der Waals surface area (Å²) in [5, 5.41) is 3.23. The van der Waals surface area contributed by atoms with Crippen molar-refractivity contribution in [3.05, 3.63) is 23.5 Å². The SMILES string of the molecule is CCCOC1CCCN(c2cc(C)ncc2CNC)C1. The highest BCUT2D eigenvalue weighted by molar-refractivity contribution is 5.54. The van der Waals surface area contributed by atoms with Gasteiger partial charge >= 0.3 is 0 Å². The van der Waals surface area contributed by atoms with Crippen LogP contribution in [-0.2, 0) is 11.3 Å². The quantitative estimate of drug-likeness (QED) is 0.867. The van der Waals surface area contributed by atoms with Crippen LogP contribution in [0.15, 0.2) is 12.3 Å². The molecule has 4 heteroatoms. The number of ether oxygens (including phenoxy) is 1. The van der Waals surface area contributed by atoms with Crippen molar-refractivity contribution in [2.45, 2.75) is 45.8 Å². The summed E-state index contributed by atoms with van der Waals surface area (Å²) in [5.74, 6) is 0. The van der Waals surface area contributed by atoms with Gasteiger partial charge in [-0.15, -0.1) is 0 Å². The first-order chi connectivity index (χ1) is 9.74. The molecule has 0 saturated carbocycles. The number of hydrogen-bond donors (Lipinski definition) is 1. The van der Waals surface area contributed by atoms with E-state index in [1.165, 1.54) is 24.1 Å². The first-order valence-corrected chi connectivity index (χ1v) is 7.71. The summed E-state index contributed by atoms with van der Waals surface area (Å²) in [6.07, 6.45) is 5.85. The van der Waals surface area contributed by atoms with Crippen LogP contribution in [0, 0.1) is 6.92 Å². The lowest BCUT2D eigenvalue weighted by molar-refractivity contribution is 0.0440. The van der Waals surface area contributed by atoms with Gasteiger partial charge in [0.1, 0.15) is 0 Å². The molecule has 2 heterocycles. The van der Waals surface area contributed by atoms with E-state index >= 15 is 0 Å². The molecule has 1 aliphatic heterocycles. The molecule has 1 N–H and O–H groups in total. The highest BCUT2D eigenvalue weighted by atomic mass is 16.5. The number of hydrogen-bond acceptors (Lipinski definition) is 4. The van der Waals surface area contributed by atoms with E-state index in [-0.39, 0.29) is 0 Å². The number of rotatable bonds is 6. The molecule has 112 valence electrons. The summed E-state index contributed by atoms with van der Waals surface area (Å²) >= 11 is 0. The highest BCUT2D eigenvalue weighted by Crippen LogP contribution is 2.25. The molecule has 1 saturated heterocycles. The number of aryl methyl sites for hydroxylation is 1. The van der Waals surface area contributed by atoms with Crippen LogP contribution in [0.2, 0.25) is 0 Å². The summed E-state index contributed by atoms with van der Waals surface area (Å²) in [6.45, 7) is 8.07. The predicted octanol–water partition coefficient (Wildman–Crippen LogP) is 2.50. The summed E-state index contributed by atoms with van der Waals surface area (Å²) in [4.78, 5) is 6.89. The van der Waals surface area contributed by atoms with Gasteiger partial charge in [-0.1, -0.05) is 6.92 Å². The molecule has 1 fully saturated rings. The maximum atomic E-state index is 5.94. The normalized spacial score (nSPS) is 19.4. The van der Waals surface area contributed by atoms with E-state index in [0.717, 1.165) is 38.4 Å². The smallest absolute Gasteiger partial charge is 0.0750 e. The van der Waals surface area contributed by atoms with Gasteiger partial charge in [0.05, 0.1) is 6.10 Å². The zero-order valence-corrected chi connectivity index (χ0v) is 13.0. The van der Waals surface area contributed by atoms with Crippen molar-refractivity contribution in [3.8, 4) is 0 Å². The molecule has 0 radical (unpaired) electrons. The number of aromatic nitrogens is 1. The molecule has 4 nitrogen and oxygen atoms in total. The molecule has 1 atom stereocenters. The van der Waals surface area contributed by atoms with Gasteiger partial charge in [-0.3, -0.25) is 4.98 Å². The Bertz CT molecular complexity index is 422. The molecule has 1 aromatic heterocycles. The van der Waals surface area contributed by atoms with Crippen LogP contribution in [0.25, 0.3) is 0 Å². The Balaban J connectivity index is 2.11. The topological polar surface area (TPSA) is 37.4 Å². The van der Waals surface area contributed by atoms with Crippen molar-refractivity contribution in [2.24, 2.45) is 0 Å². The average Bonchev–Trinajstić information content (AvgIpc) is 2.47. The lowest BCUT2D eigenvalue weighted by Crippen LogP contribution is -2.40. The van der Waals surface area contributed by atoms with Crippen LogP contribution in [0.1, 0.15) is 37.4 Å². The molecule has 1 aromatic rings. The minimum Gasteiger partial charge on any atom is -0.376 e. The second-order valence-electron chi connectivity index (χ2n) is 5.57. The predicted molar refractivity (Wildman–Crippen MR) is 83.2 cm³/mol. The third-order valence-electron chi connectivity index (χ3n) is 3.74. The van der Waals surface area contributed by atoms with Crippen LogP contribution in [0.5, 0.6) is 0 Å². The Morgan fingerprint density at radius 3 is 3.10 bits per heavy atom. The molecule has 20 heavy (non-hydrogen) atoms. The van der Waals surface area contributed by atoms with Gasteiger partial charge in [-0.05, 0) is 39.3 Å². The maximum absolute atomic E-state index is 5.94. The van der Waals surface area contributed by atoms with Gasteiger partial charge in [0.25, 0.3) is 0 Å². The van der Waals surface area contributed by atoms with Gasteiger partial charge in [-0.2, -0.15) is 0 Å². The molecule has 1 aliphatic rings. The van der Waals surface area contributed by atoms with Gasteiger partial charge in [-0.25, -0.2) is 0 Å². The average molecular weight is 277 g/mol. The molecular formula is C16H27N3O. The van der Waals surface area contributed by atoms with Gasteiger partial charge in [0.15, 0.2) is 0 Å². The fourth-order valence-electron chi connectivity index (χ4n) is 2.77. The molecule has 0 aliphatic carbocycles. The number of pyridine rings is 1. The Kier molecular flexibility index (Phi) is 5.80. The zero-order chi connectivity index (χ0) is 14.4. The van der Waals surface area contributed by atoms with Crippen LogP contribution in [-0.4, -0.2) is 37.8 Å². The Morgan fingerprint density at radius 1 is 1.50 bits per heavy atom. The molecule has 0 amide bonds. The Labute approximate surface area is 122 Å². The number of nitrogens with zero attached hydrogens (tertiary/aromatic N) is 2. The first kappa shape index (κ1) is 15.3. The minimum atomic E-state index is 0.375. The second kappa shape index (κ2) is 7.60. The lowest BCUT2D eigenvalue weighted by Gasteiger charge is -2.35. The van der Waals surface area contributed by atoms with E-state index in [4.69, 9.17) is 4.74 Å². The van der Waals surface area contributed by atoms with Gasteiger partial charge in [0.2, 0.25) is 0 Å². The minimum absolute atomic E-state index is 0.375. The van der Waals surface area contributed by atoms with Crippen molar-refractivity contribution >= 4 is 5.69 Å². The molecule has 0 aromatic carbocycles. The van der Waals surface area contributed by atoms with E-state index in [0.29, 0.717) is 6.10 Å². The van der Waals surface area contributed by atoms with Crippen molar-refractivity contribution in [1.29, 1.82) is 0 Å². The van der Waals surface area contributed by atoms with E-state index in [1.54, 1.807) is 0 Å². The lowest BCUT2D eigenvalue weighted by atomic mass is 10.1. The highest BCUT2D eigenvalue weighted by Gasteiger charge is 2.22. The Morgan fingerprint density at radius 2 is 2.35 bits per heavy atom. The van der Waals surface area contributed by atoms with E-state index in [2.05, 4.69) is 35.1 Å². The fraction of sp³-hybridized carbons (Fsp3) is 0.688. The van der Waals surface area contributed by atoms with Crippen LogP contribution in [0.4, 0.5) is 5.69 Å². The molecule has 0 bridgehead atoms. The van der Waals surface area contributed by atoms with Crippen LogP contribution in [0.3, 0.4) is 0 Å². The third-order valence-corrected chi connectivity index (χ3v) is 3.74. The largest absolute Gasteiger partial charge is 0.376 e. The molecule has 2 rings (SSSR count). The number of piperidine rings is 1. The fourth-order valence-corrected chi connectivity index (χ4v) is 2.77. The van der Waals surface area contributed by atoms with Crippen molar-refractivity contribution in [2.75, 3.05) is 31.6 Å². The van der Waals surface area contributed by atoms with Crippen molar-refractivity contribution in [3.63, 3.8) is 0 Å². The second-order valence-corrected chi connectivity index (χ2v) is 5.57. The number of nitrogens with one attached hydrogen (secondary N) is 1. The van der Waals surface area contributed by atoms with E-state index < -0.39 is 0 Å². The zero-order valence-electron chi connectivity index (χ0n) is 13.0. The van der Waals surface area contributed by atoms with E-state index in [1.807, 2.05) is 13.2 Å². The van der Waals surface area contributed by atoms with Gasteiger partial charge < -0.3 is 15.0 Å². The maximum Gasteiger partial charge on any atom is 0.0750 e. The first-order valence-electron chi connectivity index (χ1n) is 7.71. The van der Waals surface area contributed by atoms with E-state index in [9.17, 15) is 0 Å². The summed E-state index contributed by atoms with van der Waals surface area (Å²) in [6, 6.07) is 2.20. The summed E-state index contributed by atoms with van der Waals surface area (Å²) < 4.78 is 5.94. The van der Waals surface area contributed by atoms with Crippen LogP contribution >= 0.6 is 0 Å². The molecule has 0 spiro atoms. The summed E-state index contributed by atoms with van der Waals surface area (Å²) in [7, 11) is 1.98. The Hall–Kier alpha value is -1.13. The monoisotopic (exact) mass is 277 g/mol. The van der Waals surface area contributed by atoms with Crippen LogP contribution < -0.4 is 10.2 Å². The molecule has 1 unspecified atom stereocenters. The van der Waals surface area contributed by atoms with Crippen molar-refractivity contribution in [1.82, 2.24) is 10.3 Å².